The molecule has 6 bridgehead atoms. The van der Waals surface area contributed by atoms with Crippen LogP contribution >= 0.6 is 0 Å². The molecule has 0 aliphatic heterocycles. The van der Waals surface area contributed by atoms with Gasteiger partial charge in [0.05, 0.1) is 17.1 Å². The fourth-order valence-electron chi connectivity index (χ4n) is 8.03. The Bertz CT molecular complexity index is 1160. The number of hydrogen-bond acceptors (Lipinski definition) is 3. The molecule has 3 nitrogen and oxygen atoms in total. The van der Waals surface area contributed by atoms with Crippen LogP contribution in [0.25, 0.3) is 5.57 Å². The van der Waals surface area contributed by atoms with Crippen LogP contribution in [0.15, 0.2) is 53.6 Å². The average molecular weight is 334 g/mol. The highest BCUT2D eigenvalue weighted by atomic mass is 16.1. The minimum absolute atomic E-state index is 0.0263. The second-order valence-corrected chi connectivity index (χ2v) is 8.59. The van der Waals surface area contributed by atoms with E-state index < -0.39 is 10.8 Å². The lowest BCUT2D eigenvalue weighted by Crippen LogP contribution is -2.62. The first-order valence-corrected chi connectivity index (χ1v) is 9.31. The zero-order chi connectivity index (χ0) is 17.4. The first-order chi connectivity index (χ1) is 12.7. The SMILES string of the molecule is N#CC1=C2C=CC=C3[C@@H]4C(=O)C[C@H]5[C@H]6[C@@H]4[C@H]6C(C#N)(c4ccccc41)C325. The molecule has 0 heterocycles. The second kappa shape index (κ2) is 3.62. The summed E-state index contributed by atoms with van der Waals surface area (Å²) in [6, 6.07) is 13.2. The van der Waals surface area contributed by atoms with Gasteiger partial charge in [-0.25, -0.2) is 0 Å². The van der Waals surface area contributed by atoms with E-state index in [2.05, 4.69) is 30.4 Å². The Morgan fingerprint density at radius 1 is 1.15 bits per heavy atom. The van der Waals surface area contributed by atoms with E-state index >= 15 is 0 Å². The summed E-state index contributed by atoms with van der Waals surface area (Å²) in [6.07, 6.45) is 6.70. The summed E-state index contributed by atoms with van der Waals surface area (Å²) in [5.41, 5.74) is 3.71. The molecule has 0 saturated heterocycles. The van der Waals surface area contributed by atoms with E-state index in [0.717, 1.165) is 22.3 Å². The Labute approximate surface area is 150 Å². The number of hydrogen-bond donors (Lipinski definition) is 0. The first-order valence-electron chi connectivity index (χ1n) is 9.31. The number of nitrogens with zero attached hydrogens (tertiary/aromatic N) is 2. The van der Waals surface area contributed by atoms with Crippen LogP contribution in [0.5, 0.6) is 0 Å². The molecule has 3 heteroatoms. The monoisotopic (exact) mass is 334 g/mol. The van der Waals surface area contributed by atoms with Crippen LogP contribution in [-0.2, 0) is 10.2 Å². The minimum atomic E-state index is -0.618. The molecule has 122 valence electrons. The molecule has 8 aliphatic rings. The summed E-state index contributed by atoms with van der Waals surface area (Å²) in [6.45, 7) is 0. The summed E-state index contributed by atoms with van der Waals surface area (Å²) in [5.74, 6) is 1.56. The number of Topliss-reactive ketones (excluding diaryl/α,β-unsaturated/α-hetero) is 1. The van der Waals surface area contributed by atoms with Crippen LogP contribution in [0.2, 0.25) is 0 Å². The minimum Gasteiger partial charge on any atom is -0.299 e. The lowest BCUT2D eigenvalue weighted by Gasteiger charge is -2.62. The van der Waals surface area contributed by atoms with Gasteiger partial charge in [0.2, 0.25) is 0 Å². The summed E-state index contributed by atoms with van der Waals surface area (Å²) < 4.78 is 0. The summed E-state index contributed by atoms with van der Waals surface area (Å²) >= 11 is 0. The van der Waals surface area contributed by atoms with Gasteiger partial charge in [-0.1, -0.05) is 42.5 Å². The summed E-state index contributed by atoms with van der Waals surface area (Å²) in [7, 11) is 0. The van der Waals surface area contributed by atoms with Gasteiger partial charge >= 0.3 is 0 Å². The molecule has 1 spiro atoms. The third-order valence-electron chi connectivity index (χ3n) is 8.36. The van der Waals surface area contributed by atoms with E-state index in [9.17, 15) is 15.3 Å². The molecule has 26 heavy (non-hydrogen) atoms. The molecule has 0 aromatic heterocycles. The fourth-order valence-corrected chi connectivity index (χ4v) is 8.03. The molecule has 6 saturated carbocycles. The van der Waals surface area contributed by atoms with Gasteiger partial charge in [-0.15, -0.1) is 0 Å². The van der Waals surface area contributed by atoms with E-state index in [1.54, 1.807) is 0 Å². The molecule has 8 aliphatic carbocycles. The van der Waals surface area contributed by atoms with E-state index in [-0.39, 0.29) is 17.8 Å². The van der Waals surface area contributed by atoms with E-state index in [1.807, 2.05) is 24.3 Å². The number of fused-ring (bicyclic) bond motifs is 2. The highest BCUT2D eigenvalue weighted by Crippen LogP contribution is 2.90. The number of rotatable bonds is 0. The molecule has 0 radical (unpaired) electrons. The molecule has 2 unspecified atom stereocenters. The Morgan fingerprint density at radius 3 is 2.81 bits per heavy atom. The van der Waals surface area contributed by atoms with Crippen LogP contribution in [-0.4, -0.2) is 5.78 Å². The van der Waals surface area contributed by atoms with E-state index in [0.29, 0.717) is 29.6 Å². The Balaban J connectivity index is 1.72. The average Bonchev–Trinajstić information content (AvgIpc) is 3.37. The van der Waals surface area contributed by atoms with Crippen molar-refractivity contribution in [2.75, 3.05) is 0 Å². The van der Waals surface area contributed by atoms with Gasteiger partial charge in [-0.2, -0.15) is 10.5 Å². The van der Waals surface area contributed by atoms with Crippen molar-refractivity contribution >= 4 is 11.4 Å². The lowest BCUT2D eigenvalue weighted by atomic mass is 9.37. The van der Waals surface area contributed by atoms with Crippen molar-refractivity contribution in [3.63, 3.8) is 0 Å². The van der Waals surface area contributed by atoms with Crippen LogP contribution in [0.4, 0.5) is 0 Å². The number of carbonyl (C=O) groups is 1. The number of nitriles is 2. The molecule has 9 rings (SSSR count). The van der Waals surface area contributed by atoms with Gasteiger partial charge in [0.25, 0.3) is 0 Å². The number of carbonyl (C=O) groups excluding carboxylic acids is 1. The molecule has 7 atom stereocenters. The van der Waals surface area contributed by atoms with Gasteiger partial charge in [0.15, 0.2) is 0 Å². The predicted molar refractivity (Wildman–Crippen MR) is 93.0 cm³/mol. The van der Waals surface area contributed by atoms with Crippen LogP contribution in [0.1, 0.15) is 17.5 Å². The summed E-state index contributed by atoms with van der Waals surface area (Å²) in [4.78, 5) is 12.8. The Morgan fingerprint density at radius 2 is 2.00 bits per heavy atom. The molecule has 0 N–H and O–H groups in total. The van der Waals surface area contributed by atoms with Gasteiger partial charge in [-0.3, -0.25) is 4.79 Å². The Kier molecular flexibility index (Phi) is 1.85. The molecular formula is C23H14N2O. The Hall–Kier alpha value is -2.91. The van der Waals surface area contributed by atoms with Crippen molar-refractivity contribution in [3.8, 4) is 12.1 Å². The molecule has 0 amide bonds. The predicted octanol–water partition coefficient (Wildman–Crippen LogP) is 3.32. The fraction of sp³-hybridized carbons (Fsp3) is 0.348. The number of ketones is 1. The molecule has 1 aromatic rings. The third kappa shape index (κ3) is 0.922. The highest BCUT2D eigenvalue weighted by Gasteiger charge is 2.90. The van der Waals surface area contributed by atoms with Gasteiger partial charge in [0, 0.05) is 17.8 Å². The van der Waals surface area contributed by atoms with Crippen molar-refractivity contribution < 1.29 is 4.79 Å². The zero-order valence-corrected chi connectivity index (χ0v) is 13.9. The smallest absolute Gasteiger partial charge is 0.140 e. The van der Waals surface area contributed by atoms with Crippen molar-refractivity contribution in [3.05, 3.63) is 64.8 Å². The van der Waals surface area contributed by atoms with Gasteiger partial charge < -0.3 is 0 Å². The quantitative estimate of drug-likeness (QED) is 0.731. The van der Waals surface area contributed by atoms with Gasteiger partial charge in [-0.05, 0) is 45.9 Å². The normalized spacial score (nSPS) is 46.9. The van der Waals surface area contributed by atoms with Crippen LogP contribution in [0, 0.1) is 57.7 Å². The molecule has 1 aromatic carbocycles. The number of allylic oxidation sites excluding steroid dienone is 6. The topological polar surface area (TPSA) is 64.7 Å². The number of benzene rings is 1. The summed E-state index contributed by atoms with van der Waals surface area (Å²) in [5, 5.41) is 20.7. The van der Waals surface area contributed by atoms with E-state index in [4.69, 9.17) is 0 Å². The van der Waals surface area contributed by atoms with Gasteiger partial charge in [0.1, 0.15) is 11.9 Å². The second-order valence-electron chi connectivity index (χ2n) is 8.59. The third-order valence-corrected chi connectivity index (χ3v) is 8.36. The molecule has 6 fully saturated rings. The lowest BCUT2D eigenvalue weighted by molar-refractivity contribution is -0.132. The maximum atomic E-state index is 12.8. The zero-order valence-electron chi connectivity index (χ0n) is 13.9. The first kappa shape index (κ1) is 13.3. The van der Waals surface area contributed by atoms with Crippen molar-refractivity contribution in [2.24, 2.45) is 35.0 Å². The van der Waals surface area contributed by atoms with Crippen molar-refractivity contribution in [2.45, 2.75) is 11.8 Å². The largest absolute Gasteiger partial charge is 0.299 e. The van der Waals surface area contributed by atoms with Crippen LogP contribution in [0.3, 0.4) is 0 Å². The maximum absolute atomic E-state index is 12.8. The van der Waals surface area contributed by atoms with Crippen molar-refractivity contribution in [1.82, 2.24) is 0 Å². The van der Waals surface area contributed by atoms with Crippen LogP contribution < -0.4 is 0 Å². The highest BCUT2D eigenvalue weighted by molar-refractivity contribution is 5.97. The van der Waals surface area contributed by atoms with E-state index in [1.165, 1.54) is 0 Å². The molecular weight excluding hydrogens is 320 g/mol. The van der Waals surface area contributed by atoms with Crippen molar-refractivity contribution in [1.29, 1.82) is 10.5 Å². The standard InChI is InChI=1S/C23H14N2O/c24-9-12-11-4-1-2-5-13(11)22(10-25)21-19-16-8-17(26)18(20(19)21)15-7-3-6-14(12)23(15,16)22/h1-7,16,18-21H,8H2/t16-,18+,19-,20+,21-,22?,23?/m0/s1. The maximum Gasteiger partial charge on any atom is 0.140 e.